The third kappa shape index (κ3) is 3.78. The Morgan fingerprint density at radius 3 is 2.95 bits per heavy atom. The second-order valence-corrected chi connectivity index (χ2v) is 5.56. The largest absolute Gasteiger partial charge is 0.379 e. The summed E-state index contributed by atoms with van der Waals surface area (Å²) in [5.41, 5.74) is 2.51. The molecule has 0 saturated carbocycles. The molecular weight excluding hydrogens is 240 g/mol. The van der Waals surface area contributed by atoms with Crippen molar-refractivity contribution in [2.75, 3.05) is 19.8 Å². The van der Waals surface area contributed by atoms with Crippen LogP contribution in [-0.2, 0) is 11.8 Å². The van der Waals surface area contributed by atoms with Crippen molar-refractivity contribution >= 4 is 0 Å². The highest BCUT2D eigenvalue weighted by molar-refractivity contribution is 5.19. The highest BCUT2D eigenvalue weighted by Crippen LogP contribution is 2.17. The lowest BCUT2D eigenvalue weighted by molar-refractivity contribution is 0.0708. The van der Waals surface area contributed by atoms with Gasteiger partial charge >= 0.3 is 0 Å². The molecule has 2 rings (SSSR count). The molecule has 2 heterocycles. The third-order valence-electron chi connectivity index (χ3n) is 3.91. The molecule has 3 unspecified atom stereocenters. The highest BCUT2D eigenvalue weighted by Gasteiger charge is 2.19. The Morgan fingerprint density at radius 2 is 2.37 bits per heavy atom. The number of nitrogens with zero attached hydrogens (tertiary/aromatic N) is 2. The summed E-state index contributed by atoms with van der Waals surface area (Å²) < 4.78 is 7.42. The SMILES string of the molecule is Cc1c(C(C)NC(C)CC2COCCN2)cnn1C. The fourth-order valence-corrected chi connectivity index (χ4v) is 2.72. The Labute approximate surface area is 115 Å². The lowest BCUT2D eigenvalue weighted by Gasteiger charge is -2.28. The number of hydrogen-bond donors (Lipinski definition) is 2. The van der Waals surface area contributed by atoms with Crippen LogP contribution in [0.25, 0.3) is 0 Å². The smallest absolute Gasteiger partial charge is 0.0620 e. The van der Waals surface area contributed by atoms with Gasteiger partial charge in [-0.25, -0.2) is 0 Å². The Balaban J connectivity index is 1.84. The van der Waals surface area contributed by atoms with E-state index in [0.717, 1.165) is 26.2 Å². The van der Waals surface area contributed by atoms with Crippen molar-refractivity contribution in [2.45, 2.75) is 45.3 Å². The first-order valence-corrected chi connectivity index (χ1v) is 7.13. The number of aromatic nitrogens is 2. The van der Waals surface area contributed by atoms with E-state index in [1.165, 1.54) is 11.3 Å². The predicted octanol–water partition coefficient (Wildman–Crippen LogP) is 1.15. The highest BCUT2D eigenvalue weighted by atomic mass is 16.5. The molecule has 3 atom stereocenters. The average molecular weight is 266 g/mol. The summed E-state index contributed by atoms with van der Waals surface area (Å²) in [7, 11) is 1.98. The topological polar surface area (TPSA) is 51.1 Å². The molecule has 0 radical (unpaired) electrons. The van der Waals surface area contributed by atoms with Gasteiger partial charge in [0.05, 0.1) is 19.4 Å². The van der Waals surface area contributed by atoms with E-state index in [2.05, 4.69) is 36.5 Å². The molecule has 5 nitrogen and oxygen atoms in total. The molecule has 0 amide bonds. The van der Waals surface area contributed by atoms with Crippen LogP contribution < -0.4 is 10.6 Å². The minimum absolute atomic E-state index is 0.327. The molecule has 19 heavy (non-hydrogen) atoms. The molecule has 1 aromatic heterocycles. The van der Waals surface area contributed by atoms with Gasteiger partial charge in [-0.3, -0.25) is 4.68 Å². The van der Waals surface area contributed by atoms with Gasteiger partial charge in [-0.2, -0.15) is 5.10 Å². The Hall–Kier alpha value is -0.910. The van der Waals surface area contributed by atoms with Gasteiger partial charge in [0.1, 0.15) is 0 Å². The number of morpholine rings is 1. The van der Waals surface area contributed by atoms with E-state index in [0.29, 0.717) is 18.1 Å². The normalized spacial score (nSPS) is 23.3. The fourth-order valence-electron chi connectivity index (χ4n) is 2.72. The van der Waals surface area contributed by atoms with Crippen molar-refractivity contribution in [1.29, 1.82) is 0 Å². The molecule has 1 aliphatic heterocycles. The van der Waals surface area contributed by atoms with E-state index in [1.54, 1.807) is 0 Å². The maximum atomic E-state index is 5.49. The summed E-state index contributed by atoms with van der Waals surface area (Å²) in [5, 5.41) is 11.5. The second-order valence-electron chi connectivity index (χ2n) is 5.56. The van der Waals surface area contributed by atoms with Gasteiger partial charge in [0.25, 0.3) is 0 Å². The van der Waals surface area contributed by atoms with E-state index >= 15 is 0 Å². The maximum absolute atomic E-state index is 5.49. The van der Waals surface area contributed by atoms with Crippen LogP contribution in [0.5, 0.6) is 0 Å². The van der Waals surface area contributed by atoms with Gasteiger partial charge in [0.2, 0.25) is 0 Å². The van der Waals surface area contributed by atoms with Crippen molar-refractivity contribution in [2.24, 2.45) is 7.05 Å². The van der Waals surface area contributed by atoms with Crippen molar-refractivity contribution in [3.8, 4) is 0 Å². The van der Waals surface area contributed by atoms with Gasteiger partial charge in [-0.15, -0.1) is 0 Å². The first-order valence-electron chi connectivity index (χ1n) is 7.13. The van der Waals surface area contributed by atoms with Crippen LogP contribution in [0.2, 0.25) is 0 Å². The van der Waals surface area contributed by atoms with E-state index in [-0.39, 0.29) is 0 Å². The molecule has 0 aromatic carbocycles. The molecule has 5 heteroatoms. The Bertz CT molecular complexity index is 398. The molecule has 0 spiro atoms. The van der Waals surface area contributed by atoms with Crippen LogP contribution in [-0.4, -0.2) is 41.6 Å². The van der Waals surface area contributed by atoms with Crippen LogP contribution in [0.1, 0.15) is 37.6 Å². The maximum Gasteiger partial charge on any atom is 0.0620 e. The molecular formula is C14H26N4O. The molecule has 0 bridgehead atoms. The zero-order chi connectivity index (χ0) is 13.8. The van der Waals surface area contributed by atoms with E-state index in [1.807, 2.05) is 17.9 Å². The number of ether oxygens (including phenoxy) is 1. The lowest BCUT2D eigenvalue weighted by atomic mass is 10.0. The zero-order valence-corrected chi connectivity index (χ0v) is 12.4. The molecule has 2 N–H and O–H groups in total. The molecule has 108 valence electrons. The summed E-state index contributed by atoms with van der Waals surface area (Å²) in [6, 6.07) is 1.25. The monoisotopic (exact) mass is 266 g/mol. The van der Waals surface area contributed by atoms with Gasteiger partial charge in [-0.1, -0.05) is 0 Å². The third-order valence-corrected chi connectivity index (χ3v) is 3.91. The first-order chi connectivity index (χ1) is 9.08. The first kappa shape index (κ1) is 14.5. The van der Waals surface area contributed by atoms with Crippen LogP contribution in [0, 0.1) is 6.92 Å². The average Bonchev–Trinajstić information content (AvgIpc) is 2.71. The van der Waals surface area contributed by atoms with E-state index in [4.69, 9.17) is 4.74 Å². The minimum Gasteiger partial charge on any atom is -0.379 e. The van der Waals surface area contributed by atoms with Gasteiger partial charge in [0, 0.05) is 43.0 Å². The number of hydrogen-bond acceptors (Lipinski definition) is 4. The summed E-state index contributed by atoms with van der Waals surface area (Å²) in [5.74, 6) is 0. The van der Waals surface area contributed by atoms with Crippen LogP contribution in [0.15, 0.2) is 6.20 Å². The summed E-state index contributed by atoms with van der Waals surface area (Å²) in [4.78, 5) is 0. The zero-order valence-electron chi connectivity index (χ0n) is 12.4. The van der Waals surface area contributed by atoms with Crippen molar-refractivity contribution in [3.63, 3.8) is 0 Å². The molecule has 1 saturated heterocycles. The van der Waals surface area contributed by atoms with Crippen LogP contribution >= 0.6 is 0 Å². The lowest BCUT2D eigenvalue weighted by Crippen LogP contribution is -2.45. The molecule has 1 fully saturated rings. The van der Waals surface area contributed by atoms with E-state index in [9.17, 15) is 0 Å². The van der Waals surface area contributed by atoms with Gasteiger partial charge in [0.15, 0.2) is 0 Å². The van der Waals surface area contributed by atoms with Gasteiger partial charge < -0.3 is 15.4 Å². The van der Waals surface area contributed by atoms with Crippen molar-refractivity contribution < 1.29 is 4.74 Å². The predicted molar refractivity (Wildman–Crippen MR) is 76.2 cm³/mol. The molecule has 1 aliphatic rings. The van der Waals surface area contributed by atoms with Crippen LogP contribution in [0.4, 0.5) is 0 Å². The fraction of sp³-hybridized carbons (Fsp3) is 0.786. The quantitative estimate of drug-likeness (QED) is 0.839. The van der Waals surface area contributed by atoms with E-state index < -0.39 is 0 Å². The number of rotatable bonds is 5. The molecule has 1 aromatic rings. The molecule has 0 aliphatic carbocycles. The summed E-state index contributed by atoms with van der Waals surface area (Å²) in [6.45, 7) is 9.18. The summed E-state index contributed by atoms with van der Waals surface area (Å²) in [6.07, 6.45) is 3.05. The van der Waals surface area contributed by atoms with Crippen LogP contribution in [0.3, 0.4) is 0 Å². The van der Waals surface area contributed by atoms with Crippen molar-refractivity contribution in [3.05, 3.63) is 17.5 Å². The van der Waals surface area contributed by atoms with Crippen molar-refractivity contribution in [1.82, 2.24) is 20.4 Å². The van der Waals surface area contributed by atoms with Gasteiger partial charge in [-0.05, 0) is 27.2 Å². The second kappa shape index (κ2) is 6.50. The standard InChI is InChI=1S/C14H26N4O/c1-10(7-13-9-19-6-5-15-13)17-11(2)14-8-16-18(4)12(14)3/h8,10-11,13,15,17H,5-7,9H2,1-4H3. The Morgan fingerprint density at radius 1 is 1.58 bits per heavy atom. The summed E-state index contributed by atoms with van der Waals surface area (Å²) >= 11 is 0. The number of nitrogens with one attached hydrogen (secondary N) is 2. The minimum atomic E-state index is 0.327. The Kier molecular flexibility index (Phi) is 4.96. The number of aryl methyl sites for hydroxylation is 1.